The largest absolute Gasteiger partial charge is 0.507 e. The Bertz CT molecular complexity index is 894. The van der Waals surface area contributed by atoms with Crippen molar-refractivity contribution in [3.8, 4) is 17.2 Å². The van der Waals surface area contributed by atoms with Gasteiger partial charge in [0.15, 0.2) is 11.5 Å². The number of carbonyl (C=O) groups is 2. The molecular weight excluding hydrogens is 362 g/mol. The Morgan fingerprint density at radius 2 is 1.89 bits per heavy atom. The van der Waals surface area contributed by atoms with E-state index < -0.39 is 17.9 Å². The molecule has 2 N–H and O–H groups in total. The Morgan fingerprint density at radius 1 is 1.11 bits per heavy atom. The van der Waals surface area contributed by atoms with Gasteiger partial charge in [0.05, 0.1) is 30.9 Å². The van der Waals surface area contributed by atoms with Crippen LogP contribution in [0.1, 0.15) is 52.1 Å². The standard InChI is InChI=1S/C21H23NO6/c1-3-11-28-18-12-13(7-8-17(18)27-2)15(9-10-23)22-20(25)14-5-4-6-16(24)19(14)21(22)26/h4-8,12,15,23-24H,3,9-11H2,1-2H3. The van der Waals surface area contributed by atoms with Crippen LogP contribution in [0.4, 0.5) is 0 Å². The number of phenols is 1. The first-order valence-electron chi connectivity index (χ1n) is 9.14. The molecule has 0 fully saturated rings. The van der Waals surface area contributed by atoms with Crippen LogP contribution < -0.4 is 9.47 Å². The molecule has 2 amide bonds. The van der Waals surface area contributed by atoms with E-state index >= 15 is 0 Å². The van der Waals surface area contributed by atoms with Crippen LogP contribution in [0.15, 0.2) is 36.4 Å². The molecule has 2 aromatic carbocycles. The quantitative estimate of drug-likeness (QED) is 0.679. The van der Waals surface area contributed by atoms with Gasteiger partial charge in [-0.05, 0) is 42.7 Å². The molecule has 0 aromatic heterocycles. The number of imide groups is 1. The third-order valence-electron chi connectivity index (χ3n) is 4.67. The summed E-state index contributed by atoms with van der Waals surface area (Å²) in [5, 5.41) is 19.6. The van der Waals surface area contributed by atoms with Gasteiger partial charge < -0.3 is 19.7 Å². The van der Waals surface area contributed by atoms with Crippen LogP contribution in [-0.4, -0.2) is 47.3 Å². The summed E-state index contributed by atoms with van der Waals surface area (Å²) in [5.74, 6) is -0.267. The van der Waals surface area contributed by atoms with E-state index in [1.165, 1.54) is 25.3 Å². The summed E-state index contributed by atoms with van der Waals surface area (Å²) in [7, 11) is 1.53. The molecule has 0 saturated carbocycles. The van der Waals surface area contributed by atoms with Crippen LogP contribution in [0.3, 0.4) is 0 Å². The van der Waals surface area contributed by atoms with Crippen molar-refractivity contribution < 1.29 is 29.3 Å². The predicted octanol–water partition coefficient (Wildman–Crippen LogP) is 2.91. The Morgan fingerprint density at radius 3 is 2.54 bits per heavy atom. The number of phenolic OH excluding ortho intramolecular Hbond substituents is 1. The van der Waals surface area contributed by atoms with E-state index in [-0.39, 0.29) is 29.9 Å². The fourth-order valence-corrected chi connectivity index (χ4v) is 3.36. The molecule has 0 bridgehead atoms. The first-order valence-corrected chi connectivity index (χ1v) is 9.14. The van der Waals surface area contributed by atoms with E-state index in [0.717, 1.165) is 11.3 Å². The van der Waals surface area contributed by atoms with E-state index in [0.29, 0.717) is 23.7 Å². The first-order chi connectivity index (χ1) is 13.5. The zero-order valence-electron chi connectivity index (χ0n) is 15.8. The number of nitrogens with zero attached hydrogens (tertiary/aromatic N) is 1. The second kappa shape index (κ2) is 8.31. The second-order valence-electron chi connectivity index (χ2n) is 6.47. The van der Waals surface area contributed by atoms with Gasteiger partial charge in [-0.2, -0.15) is 0 Å². The highest BCUT2D eigenvalue weighted by molar-refractivity contribution is 6.22. The number of carbonyl (C=O) groups excluding carboxylic acids is 2. The number of rotatable bonds is 8. The van der Waals surface area contributed by atoms with Gasteiger partial charge in [0.25, 0.3) is 11.8 Å². The Kier molecular flexibility index (Phi) is 5.84. The van der Waals surface area contributed by atoms with Crippen LogP contribution in [0.5, 0.6) is 17.2 Å². The summed E-state index contributed by atoms with van der Waals surface area (Å²) in [6.07, 6.45) is 0.969. The molecule has 1 heterocycles. The summed E-state index contributed by atoms with van der Waals surface area (Å²) in [4.78, 5) is 26.9. The van der Waals surface area contributed by atoms with Gasteiger partial charge in [-0.1, -0.05) is 19.1 Å². The van der Waals surface area contributed by atoms with Gasteiger partial charge in [-0.3, -0.25) is 14.5 Å². The lowest BCUT2D eigenvalue weighted by atomic mass is 10.0. The van der Waals surface area contributed by atoms with Gasteiger partial charge in [0.1, 0.15) is 5.75 Å². The third kappa shape index (κ3) is 3.41. The molecule has 2 aromatic rings. The van der Waals surface area contributed by atoms with E-state index in [9.17, 15) is 19.8 Å². The summed E-state index contributed by atoms with van der Waals surface area (Å²) < 4.78 is 11.0. The van der Waals surface area contributed by atoms with Crippen LogP contribution >= 0.6 is 0 Å². The zero-order chi connectivity index (χ0) is 20.3. The highest BCUT2D eigenvalue weighted by atomic mass is 16.5. The monoisotopic (exact) mass is 385 g/mol. The smallest absolute Gasteiger partial charge is 0.265 e. The predicted molar refractivity (Wildman–Crippen MR) is 102 cm³/mol. The Labute approximate surface area is 163 Å². The van der Waals surface area contributed by atoms with Crippen molar-refractivity contribution in [2.45, 2.75) is 25.8 Å². The van der Waals surface area contributed by atoms with Crippen LogP contribution in [-0.2, 0) is 0 Å². The molecule has 0 radical (unpaired) electrons. The number of benzene rings is 2. The number of hydrogen-bond acceptors (Lipinski definition) is 6. The molecule has 1 aliphatic rings. The number of fused-ring (bicyclic) bond motifs is 1. The topological polar surface area (TPSA) is 96.3 Å². The van der Waals surface area contributed by atoms with Gasteiger partial charge >= 0.3 is 0 Å². The lowest BCUT2D eigenvalue weighted by Crippen LogP contribution is -2.34. The summed E-state index contributed by atoms with van der Waals surface area (Å²) in [6, 6.07) is 8.87. The SMILES string of the molecule is CCCOc1cc(C(CCO)N2C(=O)c3cccc(O)c3C2=O)ccc1OC. The summed E-state index contributed by atoms with van der Waals surface area (Å²) >= 11 is 0. The number of hydrogen-bond donors (Lipinski definition) is 2. The molecule has 7 nitrogen and oxygen atoms in total. The minimum atomic E-state index is -0.702. The fraction of sp³-hybridized carbons (Fsp3) is 0.333. The van der Waals surface area contributed by atoms with Crippen molar-refractivity contribution in [3.63, 3.8) is 0 Å². The number of amides is 2. The maximum atomic E-state index is 12.9. The molecule has 1 atom stereocenters. The molecule has 28 heavy (non-hydrogen) atoms. The van der Waals surface area contributed by atoms with E-state index in [2.05, 4.69) is 0 Å². The van der Waals surface area contributed by atoms with E-state index in [4.69, 9.17) is 9.47 Å². The highest BCUT2D eigenvalue weighted by Crippen LogP contribution is 2.39. The van der Waals surface area contributed by atoms with Gasteiger partial charge in [-0.15, -0.1) is 0 Å². The average molecular weight is 385 g/mol. The maximum Gasteiger partial charge on any atom is 0.265 e. The minimum absolute atomic E-state index is 0.00796. The summed E-state index contributed by atoms with van der Waals surface area (Å²) in [6.45, 7) is 2.25. The first kappa shape index (κ1) is 19.7. The zero-order valence-corrected chi connectivity index (χ0v) is 15.8. The Hall–Kier alpha value is -3.06. The molecule has 0 aliphatic carbocycles. The normalized spacial score (nSPS) is 14.2. The summed E-state index contributed by atoms with van der Waals surface area (Å²) in [5.41, 5.74) is 0.783. The molecule has 0 saturated heterocycles. The molecular formula is C21H23NO6. The molecule has 1 aliphatic heterocycles. The second-order valence-corrected chi connectivity index (χ2v) is 6.47. The molecule has 7 heteroatoms. The van der Waals surface area contributed by atoms with Crippen molar-refractivity contribution in [2.24, 2.45) is 0 Å². The van der Waals surface area contributed by atoms with Crippen molar-refractivity contribution >= 4 is 11.8 Å². The minimum Gasteiger partial charge on any atom is -0.507 e. The molecule has 1 unspecified atom stereocenters. The van der Waals surface area contributed by atoms with Crippen molar-refractivity contribution in [3.05, 3.63) is 53.1 Å². The number of methoxy groups -OCH3 is 1. The lowest BCUT2D eigenvalue weighted by molar-refractivity contribution is 0.0557. The molecule has 148 valence electrons. The van der Waals surface area contributed by atoms with Gasteiger partial charge in [0, 0.05) is 6.61 Å². The molecule has 3 rings (SSSR count). The van der Waals surface area contributed by atoms with Crippen molar-refractivity contribution in [1.82, 2.24) is 4.90 Å². The maximum absolute atomic E-state index is 12.9. The third-order valence-corrected chi connectivity index (χ3v) is 4.67. The van der Waals surface area contributed by atoms with Crippen LogP contribution in [0.25, 0.3) is 0 Å². The lowest BCUT2D eigenvalue weighted by Gasteiger charge is -2.27. The van der Waals surface area contributed by atoms with Crippen LogP contribution in [0.2, 0.25) is 0 Å². The fourth-order valence-electron chi connectivity index (χ4n) is 3.36. The number of aliphatic hydroxyl groups is 1. The van der Waals surface area contributed by atoms with Crippen molar-refractivity contribution in [1.29, 1.82) is 0 Å². The van der Waals surface area contributed by atoms with Crippen LogP contribution in [0, 0.1) is 0 Å². The molecule has 0 spiro atoms. The number of aliphatic hydroxyl groups excluding tert-OH is 1. The van der Waals surface area contributed by atoms with Gasteiger partial charge in [-0.25, -0.2) is 0 Å². The Balaban J connectivity index is 2.02. The number of aromatic hydroxyl groups is 1. The van der Waals surface area contributed by atoms with E-state index in [1.54, 1.807) is 18.2 Å². The highest BCUT2D eigenvalue weighted by Gasteiger charge is 2.42. The number of ether oxygens (including phenoxy) is 2. The van der Waals surface area contributed by atoms with Crippen molar-refractivity contribution in [2.75, 3.05) is 20.3 Å². The average Bonchev–Trinajstić information content (AvgIpc) is 2.96. The van der Waals surface area contributed by atoms with E-state index in [1.807, 2.05) is 6.92 Å². The van der Waals surface area contributed by atoms with Gasteiger partial charge in [0.2, 0.25) is 0 Å².